The van der Waals surface area contributed by atoms with E-state index in [0.717, 1.165) is 5.56 Å². The number of nitrogens with zero attached hydrogens (tertiary/aromatic N) is 1. The molecule has 2 aliphatic rings. The van der Waals surface area contributed by atoms with Gasteiger partial charge in [-0.2, -0.15) is 4.31 Å². The van der Waals surface area contributed by atoms with Crippen molar-refractivity contribution in [3.63, 3.8) is 0 Å². The maximum atomic E-state index is 12.7. The predicted molar refractivity (Wildman–Crippen MR) is 77.3 cm³/mol. The summed E-state index contributed by atoms with van der Waals surface area (Å²) < 4.78 is 55.7. The Morgan fingerprint density at radius 2 is 1.86 bits per heavy atom. The van der Waals surface area contributed by atoms with Gasteiger partial charge in [0.2, 0.25) is 10.0 Å². The first-order valence-corrected chi connectivity index (χ1v) is 9.96. The van der Waals surface area contributed by atoms with E-state index >= 15 is 0 Å². The number of benzene rings is 1. The number of ether oxygens (including phenoxy) is 1. The lowest BCUT2D eigenvalue weighted by Crippen LogP contribution is -2.53. The Morgan fingerprint density at radius 3 is 2.52 bits per heavy atom. The Bertz CT molecular complexity index is 739. The van der Waals surface area contributed by atoms with Crippen LogP contribution in [0, 0.1) is 6.92 Å². The SMILES string of the molecule is Cc1ccc(S(=O)(=O)N2CCOC3CS(=O)(=O)CC32)cc1. The number of aryl methyl sites for hydroxylation is 1. The second-order valence-electron chi connectivity index (χ2n) is 5.48. The largest absolute Gasteiger partial charge is 0.374 e. The predicted octanol–water partition coefficient (Wildman–Crippen LogP) is 0.182. The normalized spacial score (nSPS) is 29.2. The van der Waals surface area contributed by atoms with Crippen LogP contribution in [0.3, 0.4) is 0 Å². The Hall–Kier alpha value is -0.960. The number of hydrogen-bond acceptors (Lipinski definition) is 5. The zero-order chi connectivity index (χ0) is 15.3. The zero-order valence-corrected chi connectivity index (χ0v) is 13.2. The first-order chi connectivity index (χ1) is 9.79. The topological polar surface area (TPSA) is 80.8 Å². The molecular formula is C13H17NO5S2. The highest BCUT2D eigenvalue weighted by Crippen LogP contribution is 2.29. The number of sulfonamides is 1. The third-order valence-corrected chi connectivity index (χ3v) is 7.54. The van der Waals surface area contributed by atoms with Crippen LogP contribution in [0.25, 0.3) is 0 Å². The minimum Gasteiger partial charge on any atom is -0.374 e. The fraction of sp³-hybridized carbons (Fsp3) is 0.538. The molecule has 21 heavy (non-hydrogen) atoms. The van der Waals surface area contributed by atoms with Crippen molar-refractivity contribution >= 4 is 19.9 Å². The van der Waals surface area contributed by atoms with Crippen molar-refractivity contribution in [2.75, 3.05) is 24.7 Å². The minimum atomic E-state index is -3.69. The number of sulfone groups is 1. The minimum absolute atomic E-state index is 0.0996. The average Bonchev–Trinajstić information content (AvgIpc) is 2.72. The van der Waals surface area contributed by atoms with E-state index in [1.54, 1.807) is 24.3 Å². The molecule has 2 aliphatic heterocycles. The first kappa shape index (κ1) is 15.0. The van der Waals surface area contributed by atoms with Crippen molar-refractivity contribution in [1.82, 2.24) is 4.31 Å². The molecule has 116 valence electrons. The van der Waals surface area contributed by atoms with E-state index in [0.29, 0.717) is 0 Å². The first-order valence-electron chi connectivity index (χ1n) is 6.70. The molecule has 3 rings (SSSR count). The molecule has 2 heterocycles. The summed E-state index contributed by atoms with van der Waals surface area (Å²) in [7, 11) is -6.94. The molecule has 2 atom stereocenters. The van der Waals surface area contributed by atoms with E-state index in [4.69, 9.17) is 4.74 Å². The lowest BCUT2D eigenvalue weighted by molar-refractivity contribution is -0.0141. The molecule has 2 saturated heterocycles. The monoisotopic (exact) mass is 331 g/mol. The van der Waals surface area contributed by atoms with E-state index < -0.39 is 32.0 Å². The Morgan fingerprint density at radius 1 is 1.19 bits per heavy atom. The van der Waals surface area contributed by atoms with Crippen molar-refractivity contribution in [2.24, 2.45) is 0 Å². The van der Waals surface area contributed by atoms with Gasteiger partial charge in [-0.1, -0.05) is 17.7 Å². The fourth-order valence-electron chi connectivity index (χ4n) is 2.83. The molecule has 6 nitrogen and oxygen atoms in total. The molecule has 1 aromatic rings. The number of hydrogen-bond donors (Lipinski definition) is 0. The van der Waals surface area contributed by atoms with Crippen LogP contribution < -0.4 is 0 Å². The molecule has 0 aliphatic carbocycles. The van der Waals surface area contributed by atoms with Crippen LogP contribution in [0.15, 0.2) is 29.2 Å². The van der Waals surface area contributed by atoms with E-state index in [9.17, 15) is 16.8 Å². The molecule has 0 amide bonds. The summed E-state index contributed by atoms with van der Waals surface area (Å²) in [4.78, 5) is 0.193. The summed E-state index contributed by atoms with van der Waals surface area (Å²) in [5.74, 6) is -0.264. The van der Waals surface area contributed by atoms with Gasteiger partial charge in [-0.15, -0.1) is 0 Å². The lowest BCUT2D eigenvalue weighted by atomic mass is 10.2. The smallest absolute Gasteiger partial charge is 0.243 e. The lowest BCUT2D eigenvalue weighted by Gasteiger charge is -2.35. The van der Waals surface area contributed by atoms with Crippen LogP contribution in [0.2, 0.25) is 0 Å². The van der Waals surface area contributed by atoms with Crippen LogP contribution >= 0.6 is 0 Å². The molecule has 1 aromatic carbocycles. The van der Waals surface area contributed by atoms with Gasteiger partial charge >= 0.3 is 0 Å². The van der Waals surface area contributed by atoms with E-state index in [2.05, 4.69) is 0 Å². The average molecular weight is 331 g/mol. The summed E-state index contributed by atoms with van der Waals surface area (Å²) in [6, 6.07) is 5.96. The van der Waals surface area contributed by atoms with Gasteiger partial charge in [-0.3, -0.25) is 0 Å². The highest BCUT2D eigenvalue weighted by atomic mass is 32.2. The van der Waals surface area contributed by atoms with E-state index in [-0.39, 0.29) is 29.6 Å². The summed E-state index contributed by atoms with van der Waals surface area (Å²) in [6.07, 6.45) is -0.552. The van der Waals surface area contributed by atoms with Gasteiger partial charge in [0.05, 0.1) is 35.2 Å². The highest BCUT2D eigenvalue weighted by molar-refractivity contribution is 7.92. The van der Waals surface area contributed by atoms with Crippen LogP contribution in [0.5, 0.6) is 0 Å². The second kappa shape index (κ2) is 5.05. The standard InChI is InChI=1S/C13H17NO5S2/c1-10-2-4-11(5-3-10)21(17,18)14-6-7-19-13-9-20(15,16)8-12(13)14/h2-5,12-13H,6-9H2,1H3. The van der Waals surface area contributed by atoms with Crippen molar-refractivity contribution < 1.29 is 21.6 Å². The summed E-state index contributed by atoms with van der Waals surface area (Å²) >= 11 is 0. The molecule has 0 bridgehead atoms. The third-order valence-electron chi connectivity index (χ3n) is 3.91. The van der Waals surface area contributed by atoms with E-state index in [1.807, 2.05) is 6.92 Å². The maximum absolute atomic E-state index is 12.7. The zero-order valence-electron chi connectivity index (χ0n) is 11.6. The van der Waals surface area contributed by atoms with Gasteiger partial charge in [-0.25, -0.2) is 16.8 Å². The Balaban J connectivity index is 1.96. The number of morpholine rings is 1. The van der Waals surface area contributed by atoms with Gasteiger partial charge in [0.25, 0.3) is 0 Å². The molecule has 8 heteroatoms. The fourth-order valence-corrected chi connectivity index (χ4v) is 6.43. The van der Waals surface area contributed by atoms with Crippen molar-refractivity contribution in [3.05, 3.63) is 29.8 Å². The summed E-state index contributed by atoms with van der Waals surface area (Å²) in [5, 5.41) is 0. The van der Waals surface area contributed by atoms with Crippen molar-refractivity contribution in [2.45, 2.75) is 24.0 Å². The number of rotatable bonds is 2. The summed E-state index contributed by atoms with van der Waals surface area (Å²) in [6.45, 7) is 2.29. The Kier molecular flexibility index (Phi) is 3.59. The van der Waals surface area contributed by atoms with Gasteiger partial charge in [-0.05, 0) is 19.1 Å². The van der Waals surface area contributed by atoms with Crippen molar-refractivity contribution in [1.29, 1.82) is 0 Å². The third kappa shape index (κ3) is 2.73. The van der Waals surface area contributed by atoms with Crippen LogP contribution in [0.4, 0.5) is 0 Å². The second-order valence-corrected chi connectivity index (χ2v) is 9.53. The summed E-state index contributed by atoms with van der Waals surface area (Å²) in [5.41, 5.74) is 0.970. The van der Waals surface area contributed by atoms with Gasteiger partial charge < -0.3 is 4.74 Å². The quantitative estimate of drug-likeness (QED) is 0.772. The van der Waals surface area contributed by atoms with Crippen LogP contribution in [-0.2, 0) is 24.6 Å². The Labute approximate surface area is 124 Å². The van der Waals surface area contributed by atoms with Crippen LogP contribution in [-0.4, -0.2) is 57.9 Å². The molecule has 2 fully saturated rings. The molecule has 0 N–H and O–H groups in total. The molecule has 2 unspecified atom stereocenters. The van der Waals surface area contributed by atoms with E-state index in [1.165, 1.54) is 4.31 Å². The molecule has 0 aromatic heterocycles. The molecule has 0 radical (unpaired) electrons. The van der Waals surface area contributed by atoms with Gasteiger partial charge in [0.1, 0.15) is 0 Å². The maximum Gasteiger partial charge on any atom is 0.243 e. The van der Waals surface area contributed by atoms with Gasteiger partial charge in [0, 0.05) is 6.54 Å². The van der Waals surface area contributed by atoms with Crippen LogP contribution in [0.1, 0.15) is 5.56 Å². The number of fused-ring (bicyclic) bond motifs is 1. The molecule has 0 saturated carbocycles. The molecular weight excluding hydrogens is 314 g/mol. The van der Waals surface area contributed by atoms with Gasteiger partial charge in [0.15, 0.2) is 9.84 Å². The molecule has 0 spiro atoms. The van der Waals surface area contributed by atoms with Crippen molar-refractivity contribution in [3.8, 4) is 0 Å². The highest BCUT2D eigenvalue weighted by Gasteiger charge is 2.48.